The summed E-state index contributed by atoms with van der Waals surface area (Å²) in [5.41, 5.74) is 1.07. The third-order valence-electron chi connectivity index (χ3n) is 4.84. The van der Waals surface area contributed by atoms with E-state index in [-0.39, 0.29) is 14.9 Å². The van der Waals surface area contributed by atoms with E-state index >= 15 is 0 Å². The topological polar surface area (TPSA) is 114 Å². The zero-order valence-electron chi connectivity index (χ0n) is 16.9. The molecule has 8 nitrogen and oxygen atoms in total. The van der Waals surface area contributed by atoms with Gasteiger partial charge >= 0.3 is 5.97 Å². The number of nitro groups is 1. The summed E-state index contributed by atoms with van der Waals surface area (Å²) >= 11 is 6.28. The minimum Gasteiger partial charge on any atom is -0.480 e. The third-order valence-corrected chi connectivity index (χ3v) is 6.17. The number of carbonyl (C=O) groups is 2. The molecule has 31 heavy (non-hydrogen) atoms. The first-order valence-corrected chi connectivity index (χ1v) is 10.8. The van der Waals surface area contributed by atoms with Crippen molar-refractivity contribution in [2.45, 2.75) is 39.2 Å². The van der Waals surface area contributed by atoms with Gasteiger partial charge in [0, 0.05) is 23.3 Å². The molecule has 10 heteroatoms. The number of carboxylic acid groups (broad SMARTS) is 1. The lowest BCUT2D eigenvalue weighted by Crippen LogP contribution is -2.43. The molecule has 1 fully saturated rings. The van der Waals surface area contributed by atoms with Crippen LogP contribution in [0, 0.1) is 17.0 Å². The Kier molecular flexibility index (Phi) is 6.91. The molecular weight excluding hydrogens is 440 g/mol. The highest BCUT2D eigenvalue weighted by Gasteiger charge is 2.40. The summed E-state index contributed by atoms with van der Waals surface area (Å²) < 4.78 is 5.95. The number of aliphatic carboxylic acids is 1. The Labute approximate surface area is 188 Å². The smallest absolute Gasteiger partial charge is 0.326 e. The average molecular weight is 461 g/mol. The van der Waals surface area contributed by atoms with Crippen LogP contribution >= 0.6 is 24.0 Å². The molecule has 1 atom stereocenters. The molecule has 162 valence electrons. The zero-order chi connectivity index (χ0) is 22.7. The van der Waals surface area contributed by atoms with Crippen molar-refractivity contribution in [3.63, 3.8) is 0 Å². The number of amides is 1. The van der Waals surface area contributed by atoms with Crippen LogP contribution in [0.2, 0.25) is 0 Å². The van der Waals surface area contributed by atoms with Gasteiger partial charge in [0.2, 0.25) is 0 Å². The van der Waals surface area contributed by atoms with Crippen molar-refractivity contribution < 1.29 is 24.0 Å². The monoisotopic (exact) mass is 460 g/mol. The SMILES string of the molecule is CCCCC(C(=O)O)N1C(=O)C(=Cc2ccc(-c3ccc(C)c([N+](=O)[O-])c3)o2)SC1=S. The van der Waals surface area contributed by atoms with Crippen molar-refractivity contribution in [2.24, 2.45) is 0 Å². The molecule has 1 amide bonds. The van der Waals surface area contributed by atoms with E-state index in [1.165, 1.54) is 12.1 Å². The molecule has 1 aromatic heterocycles. The van der Waals surface area contributed by atoms with Gasteiger partial charge in [-0.2, -0.15) is 0 Å². The summed E-state index contributed by atoms with van der Waals surface area (Å²) in [4.78, 5) is 36.6. The molecule has 3 rings (SSSR count). The Hall–Kier alpha value is -2.98. The number of aryl methyl sites for hydroxylation is 1. The van der Waals surface area contributed by atoms with Crippen LogP contribution in [0.25, 0.3) is 17.4 Å². The van der Waals surface area contributed by atoms with Crippen molar-refractivity contribution in [1.29, 1.82) is 0 Å². The van der Waals surface area contributed by atoms with Crippen LogP contribution in [-0.4, -0.2) is 37.2 Å². The van der Waals surface area contributed by atoms with E-state index in [1.54, 1.807) is 31.2 Å². The Morgan fingerprint density at radius 3 is 2.77 bits per heavy atom. The first-order chi connectivity index (χ1) is 14.7. The van der Waals surface area contributed by atoms with E-state index in [0.29, 0.717) is 35.5 Å². The van der Waals surface area contributed by atoms with Crippen LogP contribution in [0.3, 0.4) is 0 Å². The largest absolute Gasteiger partial charge is 0.480 e. The fourth-order valence-corrected chi connectivity index (χ4v) is 4.52. The van der Waals surface area contributed by atoms with Gasteiger partial charge in [0.05, 0.1) is 9.83 Å². The van der Waals surface area contributed by atoms with Crippen LogP contribution in [-0.2, 0) is 9.59 Å². The summed E-state index contributed by atoms with van der Waals surface area (Å²) in [5.74, 6) is -0.787. The van der Waals surface area contributed by atoms with Gasteiger partial charge in [0.15, 0.2) is 0 Å². The Bertz CT molecular complexity index is 1090. The number of furan rings is 1. The van der Waals surface area contributed by atoms with Gasteiger partial charge in [-0.15, -0.1) is 0 Å². The quantitative estimate of drug-likeness (QED) is 0.253. The van der Waals surface area contributed by atoms with E-state index < -0.39 is 22.8 Å². The second-order valence-electron chi connectivity index (χ2n) is 7.01. The van der Waals surface area contributed by atoms with Crippen molar-refractivity contribution in [1.82, 2.24) is 4.90 Å². The minimum atomic E-state index is -1.09. The highest BCUT2D eigenvalue weighted by Crippen LogP contribution is 2.36. The maximum Gasteiger partial charge on any atom is 0.326 e. The van der Waals surface area contributed by atoms with Gasteiger partial charge < -0.3 is 9.52 Å². The number of benzene rings is 1. The first-order valence-electron chi connectivity index (χ1n) is 9.58. The molecule has 1 aliphatic rings. The predicted octanol–water partition coefficient (Wildman–Crippen LogP) is 5.01. The molecular formula is C21H20N2O6S2. The maximum atomic E-state index is 12.8. The summed E-state index contributed by atoms with van der Waals surface area (Å²) in [5, 5.41) is 20.7. The lowest BCUT2D eigenvalue weighted by molar-refractivity contribution is -0.385. The van der Waals surface area contributed by atoms with Gasteiger partial charge in [-0.1, -0.05) is 55.9 Å². The molecule has 0 radical (unpaired) electrons. The second-order valence-corrected chi connectivity index (χ2v) is 8.68. The van der Waals surface area contributed by atoms with Crippen molar-refractivity contribution in [3.05, 3.63) is 56.7 Å². The fraction of sp³-hybridized carbons (Fsp3) is 0.286. The molecule has 2 aromatic rings. The minimum absolute atomic E-state index is 0.0110. The van der Waals surface area contributed by atoms with Gasteiger partial charge in [0.1, 0.15) is 21.9 Å². The van der Waals surface area contributed by atoms with Gasteiger partial charge in [-0.05, 0) is 25.5 Å². The van der Waals surface area contributed by atoms with Crippen molar-refractivity contribution in [3.8, 4) is 11.3 Å². The zero-order valence-corrected chi connectivity index (χ0v) is 18.5. The number of carbonyl (C=O) groups excluding carboxylic acids is 1. The second kappa shape index (κ2) is 9.44. The van der Waals surface area contributed by atoms with Crippen molar-refractivity contribution in [2.75, 3.05) is 0 Å². The lowest BCUT2D eigenvalue weighted by atomic mass is 10.1. The van der Waals surface area contributed by atoms with E-state index in [9.17, 15) is 24.8 Å². The summed E-state index contributed by atoms with van der Waals surface area (Å²) in [6, 6.07) is 7.08. The molecule has 0 saturated carbocycles. The van der Waals surface area contributed by atoms with Crippen LogP contribution in [0.5, 0.6) is 0 Å². The lowest BCUT2D eigenvalue weighted by Gasteiger charge is -2.22. The van der Waals surface area contributed by atoms with Gasteiger partial charge in [0.25, 0.3) is 11.6 Å². The number of unbranched alkanes of at least 4 members (excludes halogenated alkanes) is 1. The molecule has 0 bridgehead atoms. The van der Waals surface area contributed by atoms with Gasteiger partial charge in [-0.25, -0.2) is 4.79 Å². The number of hydrogen-bond acceptors (Lipinski definition) is 7. The molecule has 1 saturated heterocycles. The van der Waals surface area contributed by atoms with Crippen molar-refractivity contribution >= 4 is 51.9 Å². The molecule has 1 aromatic carbocycles. The Morgan fingerprint density at radius 2 is 2.13 bits per heavy atom. The highest BCUT2D eigenvalue weighted by molar-refractivity contribution is 8.26. The number of rotatable bonds is 8. The fourth-order valence-electron chi connectivity index (χ4n) is 3.18. The molecule has 0 aliphatic carbocycles. The number of thiocarbonyl (C=S) groups is 1. The van der Waals surface area contributed by atoms with Gasteiger partial charge in [-0.3, -0.25) is 19.8 Å². The predicted molar refractivity (Wildman–Crippen MR) is 121 cm³/mol. The highest BCUT2D eigenvalue weighted by atomic mass is 32.2. The number of hydrogen-bond donors (Lipinski definition) is 1. The number of nitro benzene ring substituents is 1. The molecule has 1 unspecified atom stereocenters. The third kappa shape index (κ3) is 4.86. The van der Waals surface area contributed by atoms with E-state index in [4.69, 9.17) is 16.6 Å². The average Bonchev–Trinajstić information content (AvgIpc) is 3.28. The number of thioether (sulfide) groups is 1. The molecule has 1 aliphatic heterocycles. The normalized spacial score (nSPS) is 16.2. The number of nitrogens with zero attached hydrogens (tertiary/aromatic N) is 2. The van der Waals surface area contributed by atoms with Crippen LogP contribution < -0.4 is 0 Å². The van der Waals surface area contributed by atoms with E-state index in [2.05, 4.69) is 0 Å². The van der Waals surface area contributed by atoms with Crippen LogP contribution in [0.1, 0.15) is 37.5 Å². The first kappa shape index (κ1) is 22.7. The molecule has 1 N–H and O–H groups in total. The van der Waals surface area contributed by atoms with E-state index in [1.807, 2.05) is 6.92 Å². The standard InChI is InChI=1S/C21H20N2O6S2/c1-3-4-5-15(20(25)26)22-19(24)18(31-21(22)30)11-14-8-9-17(29-14)13-7-6-12(2)16(10-13)23(27)28/h6-11,15H,3-5H2,1-2H3,(H,25,26). The summed E-state index contributed by atoms with van der Waals surface area (Å²) in [6.07, 6.45) is 3.30. The Morgan fingerprint density at radius 1 is 1.39 bits per heavy atom. The Balaban J connectivity index is 1.85. The molecule has 0 spiro atoms. The number of carboxylic acids is 1. The summed E-state index contributed by atoms with van der Waals surface area (Å²) in [7, 11) is 0. The molecule has 2 heterocycles. The summed E-state index contributed by atoms with van der Waals surface area (Å²) in [6.45, 7) is 3.60. The maximum absolute atomic E-state index is 12.8. The van der Waals surface area contributed by atoms with Crippen LogP contribution in [0.15, 0.2) is 39.7 Å². The van der Waals surface area contributed by atoms with E-state index in [0.717, 1.165) is 23.1 Å². The van der Waals surface area contributed by atoms with Crippen LogP contribution in [0.4, 0.5) is 5.69 Å².